The van der Waals surface area contributed by atoms with Crippen molar-refractivity contribution in [2.24, 2.45) is 0 Å². The van der Waals surface area contributed by atoms with E-state index in [0.717, 1.165) is 62.1 Å². The minimum atomic E-state index is -4.62. The van der Waals surface area contributed by atoms with Crippen molar-refractivity contribution in [3.05, 3.63) is 83.0 Å². The molecule has 3 N–H and O–H groups in total. The average molecular weight is 651 g/mol. The Kier molecular flexibility index (Phi) is 8.49. The first kappa shape index (κ1) is 32.1. The van der Waals surface area contributed by atoms with Crippen molar-refractivity contribution in [2.45, 2.75) is 57.3 Å². The fourth-order valence-electron chi connectivity index (χ4n) is 5.85. The Hall–Kier alpha value is -4.82. The number of pyridine rings is 1. The van der Waals surface area contributed by atoms with Gasteiger partial charge in [-0.3, -0.25) is 29.7 Å². The largest absolute Gasteiger partial charge is 0.440 e. The van der Waals surface area contributed by atoms with E-state index in [-0.39, 0.29) is 29.5 Å². The number of anilines is 2. The zero-order chi connectivity index (χ0) is 33.5. The van der Waals surface area contributed by atoms with Gasteiger partial charge in [0.05, 0.1) is 16.9 Å². The number of hydrogen-bond donors (Lipinski definition) is 3. The maximum atomic E-state index is 12.9. The minimum absolute atomic E-state index is 0.0585. The van der Waals surface area contributed by atoms with Gasteiger partial charge in [-0.15, -0.1) is 0 Å². The Bertz CT molecular complexity index is 1810. The van der Waals surface area contributed by atoms with E-state index in [1.54, 1.807) is 30.9 Å². The molecule has 4 amide bonds. The van der Waals surface area contributed by atoms with Crippen LogP contribution >= 0.6 is 0 Å². The van der Waals surface area contributed by atoms with Gasteiger partial charge in [0.25, 0.3) is 5.91 Å². The lowest BCUT2D eigenvalue weighted by Crippen LogP contribution is -2.49. The third-order valence-electron chi connectivity index (χ3n) is 8.41. The number of hydrogen-bond acceptors (Lipinski definition) is 8. The summed E-state index contributed by atoms with van der Waals surface area (Å²) in [5, 5.41) is 15.9. The van der Waals surface area contributed by atoms with Gasteiger partial charge in [0.2, 0.25) is 5.91 Å². The summed E-state index contributed by atoms with van der Waals surface area (Å²) in [6.45, 7) is 5.81. The van der Waals surface area contributed by atoms with Crippen LogP contribution < -0.4 is 15.5 Å². The predicted octanol–water partition coefficient (Wildman–Crippen LogP) is 5.55. The van der Waals surface area contributed by atoms with Crippen molar-refractivity contribution < 1.29 is 37.1 Å². The van der Waals surface area contributed by atoms with E-state index in [1.165, 1.54) is 0 Å². The number of likely N-dealkylation sites (tertiary alicyclic amines) is 1. The molecule has 246 valence electrons. The lowest BCUT2D eigenvalue weighted by Gasteiger charge is -2.31. The number of nitrogens with zero attached hydrogens (tertiary/aromatic N) is 4. The third kappa shape index (κ3) is 7.13. The van der Waals surface area contributed by atoms with Crippen LogP contribution in [0.25, 0.3) is 11.1 Å². The second-order valence-corrected chi connectivity index (χ2v) is 12.3. The van der Waals surface area contributed by atoms with E-state index >= 15 is 0 Å². The number of fused-ring (bicyclic) bond motifs is 1. The molecule has 0 aliphatic carbocycles. The molecule has 0 unspecified atom stereocenters. The van der Waals surface area contributed by atoms with Gasteiger partial charge >= 0.3 is 12.2 Å². The topological polar surface area (TPSA) is 141 Å². The summed E-state index contributed by atoms with van der Waals surface area (Å²) in [7, 11) is 0. The molecular weight excluding hydrogens is 617 g/mol. The summed E-state index contributed by atoms with van der Waals surface area (Å²) >= 11 is 0. The van der Waals surface area contributed by atoms with Gasteiger partial charge in [0.15, 0.2) is 11.5 Å². The number of aromatic nitrogens is 2. The van der Waals surface area contributed by atoms with Gasteiger partial charge in [0, 0.05) is 48.9 Å². The summed E-state index contributed by atoms with van der Waals surface area (Å²) in [6, 6.07) is 12.3. The number of aliphatic hydroxyl groups is 1. The van der Waals surface area contributed by atoms with Crippen LogP contribution in [0.4, 0.5) is 29.3 Å². The minimum Gasteiger partial charge on any atom is -0.440 e. The number of carbonyl (C=O) groups excluding carboxylic acids is 3. The number of urea groups is 1. The molecule has 2 aromatic heterocycles. The van der Waals surface area contributed by atoms with Crippen molar-refractivity contribution in [3.63, 3.8) is 0 Å². The van der Waals surface area contributed by atoms with Crippen molar-refractivity contribution in [2.75, 3.05) is 29.9 Å². The predicted molar refractivity (Wildman–Crippen MR) is 166 cm³/mol. The highest BCUT2D eigenvalue weighted by Gasteiger charge is 2.33. The number of rotatable bonds is 7. The first-order chi connectivity index (χ1) is 22.2. The molecule has 14 heteroatoms. The summed E-state index contributed by atoms with van der Waals surface area (Å²) < 4.78 is 44.8. The first-order valence-corrected chi connectivity index (χ1v) is 15.2. The molecule has 11 nitrogen and oxygen atoms in total. The SMILES string of the molecule is CC(C)(O)c1cc2nc(C3CCN(Cc4ccc(N5CCC(=O)NC5=O)cc4)CC3)oc2cc1NC(=O)c1ccc(C(F)(F)F)nc1. The molecule has 0 radical (unpaired) electrons. The normalized spacial score (nSPS) is 16.9. The van der Waals surface area contributed by atoms with E-state index in [9.17, 15) is 32.7 Å². The standard InChI is InChI=1S/C33H33F3N6O5/c1-32(2,46)23-15-25-26(16-24(23)38-29(44)21-5-8-27(37-17-21)33(34,35)36)47-30(39-25)20-9-12-41(13-10-20)18-19-3-6-22(7-4-19)42-14-11-28(43)40-31(42)45/h3-8,15-17,20,46H,9-14,18H2,1-2H3,(H,38,44)(H,40,43,45). The molecule has 2 aliphatic heterocycles. The average Bonchev–Trinajstić information content (AvgIpc) is 3.44. The second-order valence-electron chi connectivity index (χ2n) is 12.3. The molecule has 2 aromatic carbocycles. The number of alkyl halides is 3. The second kappa shape index (κ2) is 12.4. The third-order valence-corrected chi connectivity index (χ3v) is 8.41. The molecule has 4 aromatic rings. The van der Waals surface area contributed by atoms with Crippen LogP contribution in [0.3, 0.4) is 0 Å². The van der Waals surface area contributed by atoms with Crippen molar-refractivity contribution in [3.8, 4) is 0 Å². The van der Waals surface area contributed by atoms with Crippen LogP contribution in [0.5, 0.6) is 0 Å². The van der Waals surface area contributed by atoms with Gasteiger partial charge in [-0.1, -0.05) is 12.1 Å². The van der Waals surface area contributed by atoms with Crippen LogP contribution in [0.1, 0.15) is 72.1 Å². The van der Waals surface area contributed by atoms with Crippen molar-refractivity contribution in [1.29, 1.82) is 0 Å². The lowest BCUT2D eigenvalue weighted by atomic mass is 9.95. The van der Waals surface area contributed by atoms with Gasteiger partial charge < -0.3 is 14.8 Å². The van der Waals surface area contributed by atoms with E-state index < -0.39 is 29.4 Å². The van der Waals surface area contributed by atoms with Crippen molar-refractivity contribution >= 4 is 40.3 Å². The maximum Gasteiger partial charge on any atom is 0.433 e. The number of oxazole rings is 1. The first-order valence-electron chi connectivity index (χ1n) is 15.2. The Morgan fingerprint density at radius 3 is 2.40 bits per heavy atom. The smallest absolute Gasteiger partial charge is 0.433 e. The highest BCUT2D eigenvalue weighted by Crippen LogP contribution is 2.36. The number of piperidine rings is 1. The summed E-state index contributed by atoms with van der Waals surface area (Å²) in [5.74, 6) is -0.345. The highest BCUT2D eigenvalue weighted by molar-refractivity contribution is 6.06. The molecular formula is C33H33F3N6O5. The molecule has 0 atom stereocenters. The zero-order valence-electron chi connectivity index (χ0n) is 25.7. The number of imide groups is 1. The molecule has 2 fully saturated rings. The number of amides is 4. The number of benzene rings is 2. The van der Waals surface area contributed by atoms with E-state index in [4.69, 9.17) is 9.40 Å². The van der Waals surface area contributed by atoms with E-state index in [0.29, 0.717) is 29.1 Å². The summed E-state index contributed by atoms with van der Waals surface area (Å²) in [6.07, 6.45) is -1.90. The quantitative estimate of drug-likeness (QED) is 0.237. The summed E-state index contributed by atoms with van der Waals surface area (Å²) in [5.41, 5.74) is 0.810. The van der Waals surface area contributed by atoms with E-state index in [1.807, 2.05) is 24.3 Å². The molecule has 0 saturated carbocycles. The van der Waals surface area contributed by atoms with Gasteiger partial charge in [-0.2, -0.15) is 13.2 Å². The summed E-state index contributed by atoms with van der Waals surface area (Å²) in [4.78, 5) is 48.4. The Morgan fingerprint density at radius 1 is 1.06 bits per heavy atom. The number of halogens is 3. The van der Waals surface area contributed by atoms with Crippen LogP contribution in [-0.4, -0.2) is 57.5 Å². The highest BCUT2D eigenvalue weighted by atomic mass is 19.4. The van der Waals surface area contributed by atoms with Crippen LogP contribution in [0.15, 0.2) is 59.1 Å². The zero-order valence-corrected chi connectivity index (χ0v) is 25.7. The van der Waals surface area contributed by atoms with Crippen LogP contribution in [0.2, 0.25) is 0 Å². The number of nitrogens with one attached hydrogen (secondary N) is 2. The monoisotopic (exact) mass is 650 g/mol. The molecule has 2 saturated heterocycles. The Morgan fingerprint density at radius 2 is 1.79 bits per heavy atom. The lowest BCUT2D eigenvalue weighted by molar-refractivity contribution is -0.141. The molecule has 0 spiro atoms. The van der Waals surface area contributed by atoms with Gasteiger partial charge in [-0.25, -0.2) is 9.78 Å². The Labute approximate surface area is 267 Å². The molecule has 4 heterocycles. The fraction of sp³-hybridized carbons (Fsp3) is 0.364. The molecule has 6 rings (SSSR count). The number of carbonyl (C=O) groups is 3. The maximum absolute atomic E-state index is 12.9. The molecule has 2 aliphatic rings. The van der Waals surface area contributed by atoms with Gasteiger partial charge in [-0.05, 0) is 75.7 Å². The Balaban J connectivity index is 1.11. The van der Waals surface area contributed by atoms with Crippen LogP contribution in [0, 0.1) is 0 Å². The van der Waals surface area contributed by atoms with Crippen molar-refractivity contribution in [1.82, 2.24) is 20.2 Å². The van der Waals surface area contributed by atoms with Crippen LogP contribution in [-0.2, 0) is 23.1 Å². The molecule has 47 heavy (non-hydrogen) atoms. The van der Waals surface area contributed by atoms with E-state index in [2.05, 4.69) is 20.5 Å². The molecule has 0 bridgehead atoms. The fourth-order valence-corrected chi connectivity index (χ4v) is 5.85. The van der Waals surface area contributed by atoms with Gasteiger partial charge in [0.1, 0.15) is 11.2 Å².